The second-order valence-corrected chi connectivity index (χ2v) is 5.60. The van der Waals surface area contributed by atoms with E-state index in [0.717, 1.165) is 23.8 Å². The number of aliphatic imine (C=N–C) groups is 1. The molecule has 0 bridgehead atoms. The van der Waals surface area contributed by atoms with Gasteiger partial charge in [-0.05, 0) is 30.2 Å². The molecule has 23 heavy (non-hydrogen) atoms. The largest absolute Gasteiger partial charge is 0.496 e. The van der Waals surface area contributed by atoms with Crippen LogP contribution in [0.2, 0.25) is 5.02 Å². The molecule has 0 aromatic heterocycles. The quantitative estimate of drug-likeness (QED) is 0.651. The zero-order valence-corrected chi connectivity index (χ0v) is 14.4. The molecule has 5 heteroatoms. The predicted molar refractivity (Wildman–Crippen MR) is 96.2 cm³/mol. The summed E-state index contributed by atoms with van der Waals surface area (Å²) in [5.41, 5.74) is 3.53. The topological polar surface area (TPSA) is 45.7 Å². The van der Waals surface area contributed by atoms with E-state index in [2.05, 4.69) is 34.7 Å². The van der Waals surface area contributed by atoms with Crippen LogP contribution in [0.4, 0.5) is 0 Å². The fraction of sp³-hybridized carbons (Fsp3) is 0.278. The van der Waals surface area contributed by atoms with Gasteiger partial charge in [0.2, 0.25) is 0 Å². The van der Waals surface area contributed by atoms with E-state index in [1.54, 1.807) is 14.2 Å². The monoisotopic (exact) mass is 331 g/mol. The van der Waals surface area contributed by atoms with Crippen LogP contribution in [0.5, 0.6) is 5.75 Å². The second kappa shape index (κ2) is 8.44. The van der Waals surface area contributed by atoms with Crippen molar-refractivity contribution >= 4 is 17.6 Å². The molecule has 0 unspecified atom stereocenters. The molecular formula is C18H22ClN3O. The lowest BCUT2D eigenvalue weighted by molar-refractivity contribution is 0.409. The van der Waals surface area contributed by atoms with Gasteiger partial charge in [-0.1, -0.05) is 41.9 Å². The van der Waals surface area contributed by atoms with Crippen LogP contribution in [0.1, 0.15) is 16.7 Å². The molecule has 2 N–H and O–H groups in total. The third-order valence-electron chi connectivity index (χ3n) is 3.63. The average molecular weight is 332 g/mol. The number of nitrogens with zero attached hydrogens (tertiary/aromatic N) is 1. The van der Waals surface area contributed by atoms with Crippen molar-refractivity contribution in [3.05, 3.63) is 64.2 Å². The Hall–Kier alpha value is -2.20. The van der Waals surface area contributed by atoms with Crippen molar-refractivity contribution in [2.45, 2.75) is 20.0 Å². The summed E-state index contributed by atoms with van der Waals surface area (Å²) < 4.78 is 5.35. The highest BCUT2D eigenvalue weighted by Gasteiger charge is 2.05. The Morgan fingerprint density at radius 3 is 2.43 bits per heavy atom. The summed E-state index contributed by atoms with van der Waals surface area (Å²) in [4.78, 5) is 4.25. The van der Waals surface area contributed by atoms with Crippen LogP contribution in [-0.4, -0.2) is 20.1 Å². The number of nitrogens with one attached hydrogen (secondary N) is 2. The minimum atomic E-state index is 0.605. The van der Waals surface area contributed by atoms with Gasteiger partial charge in [-0.25, -0.2) is 0 Å². The first-order valence-electron chi connectivity index (χ1n) is 7.45. The van der Waals surface area contributed by atoms with Gasteiger partial charge in [0.1, 0.15) is 5.75 Å². The highest BCUT2D eigenvalue weighted by molar-refractivity contribution is 6.30. The molecule has 2 rings (SSSR count). The number of hydrogen-bond donors (Lipinski definition) is 2. The molecule has 0 saturated carbocycles. The Morgan fingerprint density at radius 1 is 1.09 bits per heavy atom. The number of halogens is 1. The summed E-state index contributed by atoms with van der Waals surface area (Å²) >= 11 is 5.98. The first kappa shape index (κ1) is 17.2. The summed E-state index contributed by atoms with van der Waals surface area (Å²) in [6.45, 7) is 3.43. The summed E-state index contributed by atoms with van der Waals surface area (Å²) in [6.07, 6.45) is 0. The van der Waals surface area contributed by atoms with Crippen LogP contribution in [0.3, 0.4) is 0 Å². The highest BCUT2D eigenvalue weighted by atomic mass is 35.5. The molecule has 2 aromatic carbocycles. The number of ether oxygens (including phenoxy) is 1. The lowest BCUT2D eigenvalue weighted by atomic mass is 10.1. The van der Waals surface area contributed by atoms with Gasteiger partial charge in [0, 0.05) is 30.7 Å². The van der Waals surface area contributed by atoms with Crippen molar-refractivity contribution in [2.24, 2.45) is 4.99 Å². The van der Waals surface area contributed by atoms with Gasteiger partial charge in [0.15, 0.2) is 5.96 Å². The molecule has 0 atom stereocenters. The molecular weight excluding hydrogens is 310 g/mol. The van der Waals surface area contributed by atoms with E-state index in [1.165, 1.54) is 11.1 Å². The maximum absolute atomic E-state index is 5.98. The minimum absolute atomic E-state index is 0.605. The van der Waals surface area contributed by atoms with Gasteiger partial charge in [-0.2, -0.15) is 0 Å². The molecule has 0 fully saturated rings. The number of hydrogen-bond acceptors (Lipinski definition) is 2. The van der Waals surface area contributed by atoms with Gasteiger partial charge >= 0.3 is 0 Å². The van der Waals surface area contributed by atoms with Crippen LogP contribution in [-0.2, 0) is 13.1 Å². The lowest BCUT2D eigenvalue weighted by Gasteiger charge is -2.14. The molecule has 122 valence electrons. The van der Waals surface area contributed by atoms with Crippen molar-refractivity contribution in [2.75, 3.05) is 14.2 Å². The first-order valence-corrected chi connectivity index (χ1v) is 7.83. The van der Waals surface area contributed by atoms with Crippen molar-refractivity contribution in [1.29, 1.82) is 0 Å². The number of guanidine groups is 1. The minimum Gasteiger partial charge on any atom is -0.496 e. The number of aryl methyl sites for hydroxylation is 1. The maximum atomic E-state index is 5.98. The van der Waals surface area contributed by atoms with Gasteiger partial charge < -0.3 is 15.4 Å². The van der Waals surface area contributed by atoms with Crippen LogP contribution >= 0.6 is 11.6 Å². The van der Waals surface area contributed by atoms with Crippen molar-refractivity contribution in [1.82, 2.24) is 10.6 Å². The van der Waals surface area contributed by atoms with E-state index in [4.69, 9.17) is 16.3 Å². The Balaban J connectivity index is 1.94. The average Bonchev–Trinajstić information content (AvgIpc) is 2.57. The summed E-state index contributed by atoms with van der Waals surface area (Å²) in [5, 5.41) is 7.26. The summed E-state index contributed by atoms with van der Waals surface area (Å²) in [6, 6.07) is 13.9. The third kappa shape index (κ3) is 4.89. The standard InChI is InChI=1S/C18H22ClN3O/c1-13-6-4-5-7-14(13)11-21-18(20-2)22-12-15-8-9-16(19)10-17(15)23-3/h4-10H,11-12H2,1-3H3,(H2,20,21,22). The molecule has 0 aliphatic rings. The van der Waals surface area contributed by atoms with Crippen molar-refractivity contribution in [3.63, 3.8) is 0 Å². The molecule has 0 spiro atoms. The maximum Gasteiger partial charge on any atom is 0.191 e. The predicted octanol–water partition coefficient (Wildman–Crippen LogP) is 3.52. The lowest BCUT2D eigenvalue weighted by Crippen LogP contribution is -2.36. The zero-order valence-electron chi connectivity index (χ0n) is 13.7. The SMILES string of the molecule is CN=C(NCc1ccccc1C)NCc1ccc(Cl)cc1OC. The van der Waals surface area contributed by atoms with E-state index in [0.29, 0.717) is 11.6 Å². The van der Waals surface area contributed by atoms with Crippen LogP contribution in [0, 0.1) is 6.92 Å². The van der Waals surface area contributed by atoms with E-state index < -0.39 is 0 Å². The van der Waals surface area contributed by atoms with Gasteiger partial charge in [-0.15, -0.1) is 0 Å². The Morgan fingerprint density at radius 2 is 1.78 bits per heavy atom. The molecule has 0 radical (unpaired) electrons. The van der Waals surface area contributed by atoms with Crippen LogP contribution < -0.4 is 15.4 Å². The molecule has 0 saturated heterocycles. The number of methoxy groups -OCH3 is 1. The van der Waals surface area contributed by atoms with Crippen LogP contribution in [0.25, 0.3) is 0 Å². The Labute approximate surface area is 142 Å². The van der Waals surface area contributed by atoms with E-state index in [-0.39, 0.29) is 0 Å². The molecule has 2 aromatic rings. The number of rotatable bonds is 5. The van der Waals surface area contributed by atoms with Crippen molar-refractivity contribution < 1.29 is 4.74 Å². The molecule has 0 aliphatic heterocycles. The number of benzene rings is 2. The summed E-state index contributed by atoms with van der Waals surface area (Å²) in [7, 11) is 3.40. The normalized spacial score (nSPS) is 11.2. The first-order chi connectivity index (χ1) is 11.1. The van der Waals surface area contributed by atoms with Gasteiger partial charge in [-0.3, -0.25) is 4.99 Å². The fourth-order valence-corrected chi connectivity index (χ4v) is 2.41. The van der Waals surface area contributed by atoms with E-state index in [1.807, 2.05) is 30.3 Å². The highest BCUT2D eigenvalue weighted by Crippen LogP contribution is 2.22. The van der Waals surface area contributed by atoms with Gasteiger partial charge in [0.05, 0.1) is 7.11 Å². The molecule has 0 heterocycles. The zero-order chi connectivity index (χ0) is 16.7. The van der Waals surface area contributed by atoms with Crippen LogP contribution in [0.15, 0.2) is 47.5 Å². The molecule has 0 amide bonds. The molecule has 0 aliphatic carbocycles. The molecule has 4 nitrogen and oxygen atoms in total. The van der Waals surface area contributed by atoms with Gasteiger partial charge in [0.25, 0.3) is 0 Å². The van der Waals surface area contributed by atoms with E-state index in [9.17, 15) is 0 Å². The summed E-state index contributed by atoms with van der Waals surface area (Å²) in [5.74, 6) is 1.50. The Kier molecular flexibility index (Phi) is 6.29. The third-order valence-corrected chi connectivity index (χ3v) is 3.86. The fourth-order valence-electron chi connectivity index (χ4n) is 2.25. The smallest absolute Gasteiger partial charge is 0.191 e. The Bertz CT molecular complexity index is 686. The van der Waals surface area contributed by atoms with E-state index >= 15 is 0 Å². The van der Waals surface area contributed by atoms with Crippen molar-refractivity contribution in [3.8, 4) is 5.75 Å². The second-order valence-electron chi connectivity index (χ2n) is 5.16.